The average molecular weight is 299 g/mol. The van der Waals surface area contributed by atoms with Gasteiger partial charge in [0.2, 0.25) is 5.91 Å². The minimum absolute atomic E-state index is 0.0550. The van der Waals surface area contributed by atoms with Crippen LogP contribution in [-0.2, 0) is 11.3 Å². The van der Waals surface area contributed by atoms with Gasteiger partial charge in [0.1, 0.15) is 6.54 Å². The summed E-state index contributed by atoms with van der Waals surface area (Å²) in [5, 5.41) is 3.05. The molecule has 5 nitrogen and oxygen atoms in total. The molecule has 0 aliphatic rings. The van der Waals surface area contributed by atoms with Gasteiger partial charge < -0.3 is 9.88 Å². The van der Waals surface area contributed by atoms with Crippen LogP contribution >= 0.6 is 0 Å². The maximum absolute atomic E-state index is 12.2. The third-order valence-corrected chi connectivity index (χ3v) is 3.32. The quantitative estimate of drug-likeness (QED) is 0.889. The fraction of sp³-hybridized carbons (Fsp3) is 0.353. The molecule has 0 aliphatic heterocycles. The van der Waals surface area contributed by atoms with Crippen molar-refractivity contribution in [1.82, 2.24) is 14.9 Å². The molecule has 2 aromatic rings. The monoisotopic (exact) mass is 299 g/mol. The normalized spacial score (nSPS) is 12.1. The molecule has 0 saturated carbocycles. The zero-order chi connectivity index (χ0) is 15.9. The van der Waals surface area contributed by atoms with Crippen molar-refractivity contribution in [2.45, 2.75) is 32.9 Å². The van der Waals surface area contributed by atoms with Crippen LogP contribution in [0.15, 0.2) is 53.8 Å². The predicted octanol–water partition coefficient (Wildman–Crippen LogP) is 2.15. The maximum atomic E-state index is 12.2. The van der Waals surface area contributed by atoms with Crippen LogP contribution in [0, 0.1) is 5.92 Å². The van der Waals surface area contributed by atoms with Gasteiger partial charge >= 0.3 is 0 Å². The third kappa shape index (κ3) is 4.84. The topological polar surface area (TPSA) is 64.0 Å². The molecular formula is C17H21N3O2. The second-order valence-electron chi connectivity index (χ2n) is 5.74. The number of nitrogens with one attached hydrogen (secondary N) is 1. The van der Waals surface area contributed by atoms with Gasteiger partial charge in [0.25, 0.3) is 0 Å². The fourth-order valence-electron chi connectivity index (χ4n) is 2.29. The summed E-state index contributed by atoms with van der Waals surface area (Å²) in [6.07, 6.45) is 7.58. The van der Waals surface area contributed by atoms with Gasteiger partial charge in [0, 0.05) is 36.9 Å². The Kier molecular flexibility index (Phi) is 5.47. The van der Waals surface area contributed by atoms with Crippen LogP contribution < -0.4 is 10.7 Å². The first-order valence-electron chi connectivity index (χ1n) is 7.40. The Labute approximate surface area is 130 Å². The number of nitrogens with zero attached hydrogens (tertiary/aromatic N) is 2. The van der Waals surface area contributed by atoms with E-state index in [1.54, 1.807) is 29.4 Å². The molecule has 2 heterocycles. The molecule has 1 atom stereocenters. The van der Waals surface area contributed by atoms with Gasteiger partial charge in [-0.3, -0.25) is 14.6 Å². The summed E-state index contributed by atoms with van der Waals surface area (Å²) >= 11 is 0. The Balaban J connectivity index is 2.04. The van der Waals surface area contributed by atoms with Gasteiger partial charge in [-0.2, -0.15) is 0 Å². The van der Waals surface area contributed by atoms with Crippen LogP contribution in [0.2, 0.25) is 0 Å². The van der Waals surface area contributed by atoms with E-state index in [-0.39, 0.29) is 23.9 Å². The zero-order valence-corrected chi connectivity index (χ0v) is 12.9. The molecule has 0 aromatic carbocycles. The predicted molar refractivity (Wildman–Crippen MR) is 85.3 cm³/mol. The molecule has 116 valence electrons. The summed E-state index contributed by atoms with van der Waals surface area (Å²) < 4.78 is 1.69. The summed E-state index contributed by atoms with van der Waals surface area (Å²) in [7, 11) is 0. The number of hydrogen-bond donors (Lipinski definition) is 1. The van der Waals surface area contributed by atoms with Crippen molar-refractivity contribution in [2.24, 2.45) is 5.92 Å². The van der Waals surface area contributed by atoms with Gasteiger partial charge in [0.15, 0.2) is 5.43 Å². The van der Waals surface area contributed by atoms with Gasteiger partial charge in [0.05, 0.1) is 6.04 Å². The van der Waals surface area contributed by atoms with Crippen molar-refractivity contribution < 1.29 is 4.79 Å². The first-order valence-corrected chi connectivity index (χ1v) is 7.40. The summed E-state index contributed by atoms with van der Waals surface area (Å²) in [5.74, 6) is 0.371. The zero-order valence-electron chi connectivity index (χ0n) is 12.9. The van der Waals surface area contributed by atoms with E-state index in [4.69, 9.17) is 0 Å². The summed E-state index contributed by atoms with van der Waals surface area (Å²) in [6.45, 7) is 4.43. The standard InChI is InChI=1S/C17H21N3O2/c1-13(2)10-16(14-4-3-7-18-11-14)19-17(22)12-20-8-5-15(21)6-9-20/h3-9,11,13,16H,10,12H2,1-2H3,(H,19,22)/t16-/m1/s1. The van der Waals surface area contributed by atoms with Crippen LogP contribution in [-0.4, -0.2) is 15.5 Å². The summed E-state index contributed by atoms with van der Waals surface area (Å²) in [6, 6.07) is 6.68. The lowest BCUT2D eigenvalue weighted by atomic mass is 9.98. The smallest absolute Gasteiger partial charge is 0.240 e. The van der Waals surface area contributed by atoms with Gasteiger partial charge in [-0.1, -0.05) is 19.9 Å². The minimum Gasteiger partial charge on any atom is -0.348 e. The van der Waals surface area contributed by atoms with E-state index < -0.39 is 0 Å². The van der Waals surface area contributed by atoms with E-state index in [1.807, 2.05) is 12.1 Å². The molecule has 0 spiro atoms. The van der Waals surface area contributed by atoms with Crippen molar-refractivity contribution in [3.8, 4) is 0 Å². The molecule has 5 heteroatoms. The van der Waals surface area contributed by atoms with Crippen molar-refractivity contribution in [2.75, 3.05) is 0 Å². The van der Waals surface area contributed by atoms with E-state index in [1.165, 1.54) is 12.1 Å². The van der Waals surface area contributed by atoms with E-state index in [9.17, 15) is 9.59 Å². The summed E-state index contributed by atoms with van der Waals surface area (Å²) in [4.78, 5) is 27.4. The molecule has 1 amide bonds. The lowest BCUT2D eigenvalue weighted by Crippen LogP contribution is -2.32. The number of aromatic nitrogens is 2. The molecule has 0 saturated heterocycles. The Morgan fingerprint density at radius 2 is 2.00 bits per heavy atom. The molecule has 0 unspecified atom stereocenters. The summed E-state index contributed by atoms with van der Waals surface area (Å²) in [5.41, 5.74) is 0.939. The van der Waals surface area contributed by atoms with E-state index in [0.717, 1.165) is 12.0 Å². The highest BCUT2D eigenvalue weighted by atomic mass is 16.2. The first-order chi connectivity index (χ1) is 10.5. The van der Waals surface area contributed by atoms with Gasteiger partial charge in [-0.15, -0.1) is 0 Å². The molecule has 2 aromatic heterocycles. The van der Waals surface area contributed by atoms with Crippen molar-refractivity contribution in [3.05, 3.63) is 64.8 Å². The number of carbonyl (C=O) groups excluding carboxylic acids is 1. The Bertz CT molecular complexity index is 645. The van der Waals surface area contributed by atoms with Crippen molar-refractivity contribution >= 4 is 5.91 Å². The lowest BCUT2D eigenvalue weighted by molar-refractivity contribution is -0.122. The fourth-order valence-corrected chi connectivity index (χ4v) is 2.29. The number of pyridine rings is 2. The largest absolute Gasteiger partial charge is 0.348 e. The van der Waals surface area contributed by atoms with Crippen LogP contribution in [0.25, 0.3) is 0 Å². The SMILES string of the molecule is CC(C)C[C@@H](NC(=O)Cn1ccc(=O)cc1)c1cccnc1. The van der Waals surface area contributed by atoms with E-state index in [0.29, 0.717) is 5.92 Å². The van der Waals surface area contributed by atoms with Gasteiger partial charge in [-0.25, -0.2) is 0 Å². The van der Waals surface area contributed by atoms with Crippen LogP contribution in [0.5, 0.6) is 0 Å². The van der Waals surface area contributed by atoms with Gasteiger partial charge in [-0.05, 0) is 24.0 Å². The van der Waals surface area contributed by atoms with E-state index >= 15 is 0 Å². The Morgan fingerprint density at radius 1 is 1.27 bits per heavy atom. The third-order valence-electron chi connectivity index (χ3n) is 3.32. The Hall–Kier alpha value is -2.43. The number of hydrogen-bond acceptors (Lipinski definition) is 3. The van der Waals surface area contributed by atoms with Crippen molar-refractivity contribution in [1.29, 1.82) is 0 Å². The molecule has 0 fully saturated rings. The molecule has 0 radical (unpaired) electrons. The highest BCUT2D eigenvalue weighted by molar-refractivity contribution is 5.76. The number of amides is 1. The second kappa shape index (κ2) is 7.54. The van der Waals surface area contributed by atoms with Crippen LogP contribution in [0.1, 0.15) is 31.9 Å². The van der Waals surface area contributed by atoms with Crippen LogP contribution in [0.4, 0.5) is 0 Å². The first kappa shape index (κ1) is 15.9. The van der Waals surface area contributed by atoms with E-state index in [2.05, 4.69) is 24.1 Å². The molecule has 2 rings (SSSR count). The van der Waals surface area contributed by atoms with Crippen LogP contribution in [0.3, 0.4) is 0 Å². The molecule has 0 bridgehead atoms. The highest BCUT2D eigenvalue weighted by Crippen LogP contribution is 2.20. The Morgan fingerprint density at radius 3 is 2.59 bits per heavy atom. The molecular weight excluding hydrogens is 278 g/mol. The molecule has 22 heavy (non-hydrogen) atoms. The average Bonchev–Trinajstić information content (AvgIpc) is 2.49. The highest BCUT2D eigenvalue weighted by Gasteiger charge is 2.16. The molecule has 1 N–H and O–H groups in total. The molecule has 0 aliphatic carbocycles. The van der Waals surface area contributed by atoms with Crippen molar-refractivity contribution in [3.63, 3.8) is 0 Å². The lowest BCUT2D eigenvalue weighted by Gasteiger charge is -2.21. The maximum Gasteiger partial charge on any atom is 0.240 e. The number of carbonyl (C=O) groups is 1. The minimum atomic E-state index is -0.0850. The number of rotatable bonds is 6. The second-order valence-corrected chi connectivity index (χ2v) is 5.74.